The van der Waals surface area contributed by atoms with Gasteiger partial charge in [-0.05, 0) is 30.7 Å². The highest BCUT2D eigenvalue weighted by molar-refractivity contribution is 7.80. The van der Waals surface area contributed by atoms with E-state index in [0.29, 0.717) is 0 Å². The van der Waals surface area contributed by atoms with Gasteiger partial charge in [0.05, 0.1) is 5.52 Å². The maximum absolute atomic E-state index is 4.18. The first-order valence-electron chi connectivity index (χ1n) is 4.81. The lowest BCUT2D eigenvalue weighted by molar-refractivity contribution is 0.569. The SMILES string of the molecule is SCCCCn1nnc2ccccc21. The van der Waals surface area contributed by atoms with Crippen molar-refractivity contribution < 1.29 is 0 Å². The fraction of sp³-hybridized carbons (Fsp3) is 0.400. The monoisotopic (exact) mass is 207 g/mol. The predicted molar refractivity (Wildman–Crippen MR) is 60.6 cm³/mol. The van der Waals surface area contributed by atoms with E-state index in [4.69, 9.17) is 0 Å². The Morgan fingerprint density at radius 3 is 2.93 bits per heavy atom. The van der Waals surface area contributed by atoms with Crippen molar-refractivity contribution in [2.24, 2.45) is 0 Å². The summed E-state index contributed by atoms with van der Waals surface area (Å²) in [6, 6.07) is 8.03. The molecule has 0 unspecified atom stereocenters. The molecule has 0 spiro atoms. The van der Waals surface area contributed by atoms with Gasteiger partial charge < -0.3 is 0 Å². The molecule has 0 saturated heterocycles. The van der Waals surface area contributed by atoms with Crippen molar-refractivity contribution in [3.05, 3.63) is 24.3 Å². The fourth-order valence-corrected chi connectivity index (χ4v) is 1.68. The van der Waals surface area contributed by atoms with Crippen molar-refractivity contribution in [2.75, 3.05) is 5.75 Å². The Labute approximate surface area is 88.5 Å². The summed E-state index contributed by atoms with van der Waals surface area (Å²) in [6.07, 6.45) is 2.23. The molecule has 3 nitrogen and oxygen atoms in total. The number of hydrogen-bond acceptors (Lipinski definition) is 3. The maximum atomic E-state index is 4.18. The van der Waals surface area contributed by atoms with Gasteiger partial charge in [-0.15, -0.1) is 5.10 Å². The number of thiol groups is 1. The maximum Gasteiger partial charge on any atom is 0.113 e. The van der Waals surface area contributed by atoms with Crippen LogP contribution in [-0.4, -0.2) is 20.7 Å². The Balaban J connectivity index is 2.17. The van der Waals surface area contributed by atoms with E-state index in [1.807, 2.05) is 22.9 Å². The largest absolute Gasteiger partial charge is 0.245 e. The molecule has 0 aliphatic rings. The van der Waals surface area contributed by atoms with Crippen LogP contribution < -0.4 is 0 Å². The van der Waals surface area contributed by atoms with Crippen LogP contribution in [0.5, 0.6) is 0 Å². The van der Waals surface area contributed by atoms with Crippen molar-refractivity contribution in [3.63, 3.8) is 0 Å². The topological polar surface area (TPSA) is 30.7 Å². The number of unbranched alkanes of at least 4 members (excludes halogenated alkanes) is 1. The Hall–Kier alpha value is -1.03. The Bertz CT molecular complexity index is 410. The minimum absolute atomic E-state index is 0.932. The van der Waals surface area contributed by atoms with Gasteiger partial charge in [-0.1, -0.05) is 17.3 Å². The second-order valence-electron chi connectivity index (χ2n) is 3.23. The van der Waals surface area contributed by atoms with Crippen LogP contribution in [0.1, 0.15) is 12.8 Å². The zero-order chi connectivity index (χ0) is 9.80. The standard InChI is InChI=1S/C10H13N3S/c14-8-4-3-7-13-10-6-2-1-5-9(10)11-12-13/h1-2,5-6,14H,3-4,7-8H2. The molecule has 1 heterocycles. The molecule has 0 aliphatic carbocycles. The van der Waals surface area contributed by atoms with Gasteiger partial charge in [0, 0.05) is 6.54 Å². The van der Waals surface area contributed by atoms with Crippen LogP contribution in [-0.2, 0) is 6.54 Å². The Morgan fingerprint density at radius 1 is 1.21 bits per heavy atom. The van der Waals surface area contributed by atoms with E-state index in [0.717, 1.165) is 36.2 Å². The molecular weight excluding hydrogens is 194 g/mol. The molecule has 14 heavy (non-hydrogen) atoms. The van der Waals surface area contributed by atoms with Gasteiger partial charge in [0.2, 0.25) is 0 Å². The van der Waals surface area contributed by atoms with Gasteiger partial charge in [0.25, 0.3) is 0 Å². The van der Waals surface area contributed by atoms with Gasteiger partial charge in [-0.2, -0.15) is 12.6 Å². The minimum atomic E-state index is 0.932. The number of benzene rings is 1. The molecule has 0 radical (unpaired) electrons. The first-order valence-corrected chi connectivity index (χ1v) is 5.44. The molecule has 2 aromatic rings. The van der Waals surface area contributed by atoms with E-state index in [9.17, 15) is 0 Å². The molecule has 1 aromatic heterocycles. The molecule has 0 fully saturated rings. The number of hydrogen-bond donors (Lipinski definition) is 1. The molecule has 4 heteroatoms. The Morgan fingerprint density at radius 2 is 2.07 bits per heavy atom. The van der Waals surface area contributed by atoms with Crippen molar-refractivity contribution in [2.45, 2.75) is 19.4 Å². The highest BCUT2D eigenvalue weighted by Crippen LogP contribution is 2.10. The first-order chi connectivity index (χ1) is 6.92. The van der Waals surface area contributed by atoms with Gasteiger partial charge in [-0.3, -0.25) is 0 Å². The van der Waals surface area contributed by atoms with Gasteiger partial charge in [0.15, 0.2) is 0 Å². The summed E-state index contributed by atoms with van der Waals surface area (Å²) in [5, 5.41) is 8.20. The molecule has 0 aliphatic heterocycles. The third-order valence-electron chi connectivity index (χ3n) is 2.20. The van der Waals surface area contributed by atoms with Crippen LogP contribution in [0.4, 0.5) is 0 Å². The lowest BCUT2D eigenvalue weighted by atomic mass is 10.3. The fourth-order valence-electron chi connectivity index (χ4n) is 1.46. The summed E-state index contributed by atoms with van der Waals surface area (Å²) < 4.78 is 1.96. The quantitative estimate of drug-likeness (QED) is 0.615. The molecule has 1 aromatic carbocycles. The first kappa shape index (κ1) is 9.52. The second kappa shape index (κ2) is 4.46. The average molecular weight is 207 g/mol. The van der Waals surface area contributed by atoms with E-state index in [2.05, 4.69) is 29.0 Å². The highest BCUT2D eigenvalue weighted by atomic mass is 32.1. The summed E-state index contributed by atoms with van der Waals surface area (Å²) in [7, 11) is 0. The normalized spacial score (nSPS) is 10.9. The molecule has 0 bridgehead atoms. The molecule has 74 valence electrons. The van der Waals surface area contributed by atoms with Crippen LogP contribution in [0, 0.1) is 0 Å². The molecule has 0 saturated carbocycles. The zero-order valence-electron chi connectivity index (χ0n) is 7.93. The predicted octanol–water partition coefficient (Wildman–Crippen LogP) is 2.14. The van der Waals surface area contributed by atoms with Crippen LogP contribution in [0.25, 0.3) is 11.0 Å². The Kier molecular flexibility index (Phi) is 3.03. The molecule has 0 atom stereocenters. The molecular formula is C10H13N3S. The van der Waals surface area contributed by atoms with Gasteiger partial charge in [0.1, 0.15) is 5.52 Å². The number of aromatic nitrogens is 3. The van der Waals surface area contributed by atoms with Crippen molar-refractivity contribution in [1.29, 1.82) is 0 Å². The van der Waals surface area contributed by atoms with Crippen molar-refractivity contribution >= 4 is 23.7 Å². The average Bonchev–Trinajstić information content (AvgIpc) is 2.63. The summed E-state index contributed by atoms with van der Waals surface area (Å²) >= 11 is 4.18. The van der Waals surface area contributed by atoms with Crippen LogP contribution in [0.15, 0.2) is 24.3 Å². The molecule has 2 rings (SSSR count). The van der Waals surface area contributed by atoms with Crippen LogP contribution in [0.2, 0.25) is 0 Å². The van der Waals surface area contributed by atoms with E-state index in [1.165, 1.54) is 0 Å². The van der Waals surface area contributed by atoms with Crippen molar-refractivity contribution in [1.82, 2.24) is 15.0 Å². The summed E-state index contributed by atoms with van der Waals surface area (Å²) in [5.41, 5.74) is 2.09. The van der Waals surface area contributed by atoms with E-state index >= 15 is 0 Å². The lowest BCUT2D eigenvalue weighted by Gasteiger charge is -1.99. The number of rotatable bonds is 4. The highest BCUT2D eigenvalue weighted by Gasteiger charge is 2.01. The number of fused-ring (bicyclic) bond motifs is 1. The smallest absolute Gasteiger partial charge is 0.113 e. The third-order valence-corrected chi connectivity index (χ3v) is 2.51. The van der Waals surface area contributed by atoms with E-state index < -0.39 is 0 Å². The van der Waals surface area contributed by atoms with Crippen LogP contribution >= 0.6 is 12.6 Å². The number of para-hydroxylation sites is 1. The zero-order valence-corrected chi connectivity index (χ0v) is 8.82. The van der Waals surface area contributed by atoms with Gasteiger partial charge in [-0.25, -0.2) is 4.68 Å². The van der Waals surface area contributed by atoms with E-state index in [-0.39, 0.29) is 0 Å². The van der Waals surface area contributed by atoms with E-state index in [1.54, 1.807) is 0 Å². The molecule has 0 N–H and O–H groups in total. The number of nitrogens with zero attached hydrogens (tertiary/aromatic N) is 3. The van der Waals surface area contributed by atoms with Gasteiger partial charge >= 0.3 is 0 Å². The lowest BCUT2D eigenvalue weighted by Crippen LogP contribution is -2.00. The molecule has 0 amide bonds. The second-order valence-corrected chi connectivity index (χ2v) is 3.68. The number of aryl methyl sites for hydroxylation is 1. The van der Waals surface area contributed by atoms with Crippen LogP contribution in [0.3, 0.4) is 0 Å². The third kappa shape index (κ3) is 1.90. The summed E-state index contributed by atoms with van der Waals surface area (Å²) in [4.78, 5) is 0. The summed E-state index contributed by atoms with van der Waals surface area (Å²) in [6.45, 7) is 0.932. The van der Waals surface area contributed by atoms with Crippen molar-refractivity contribution in [3.8, 4) is 0 Å². The minimum Gasteiger partial charge on any atom is -0.245 e. The summed E-state index contributed by atoms with van der Waals surface area (Å²) in [5.74, 6) is 0.937.